The number of alkyl halides is 3. The fraction of sp³-hybridized carbons (Fsp3) is 0.188. The van der Waals surface area contributed by atoms with Gasteiger partial charge in [0.2, 0.25) is 10.0 Å². The number of sulfonamides is 1. The zero-order chi connectivity index (χ0) is 33.1. The first kappa shape index (κ1) is 32.6. The van der Waals surface area contributed by atoms with Crippen molar-refractivity contribution in [1.82, 2.24) is 14.5 Å². The molecule has 0 saturated heterocycles. The molecular formula is C32H28F4N4O5S. The predicted molar refractivity (Wildman–Crippen MR) is 162 cm³/mol. The molecule has 4 aromatic carbocycles. The maximum atomic E-state index is 14.1. The van der Waals surface area contributed by atoms with Gasteiger partial charge in [0.1, 0.15) is 12.4 Å². The number of halogens is 4. The molecule has 0 radical (unpaired) electrons. The van der Waals surface area contributed by atoms with E-state index in [4.69, 9.17) is 4.74 Å². The van der Waals surface area contributed by atoms with Crippen LogP contribution in [0.5, 0.6) is 0 Å². The Hall–Kier alpha value is -4.79. The summed E-state index contributed by atoms with van der Waals surface area (Å²) >= 11 is 0. The van der Waals surface area contributed by atoms with Crippen molar-refractivity contribution in [2.45, 2.75) is 30.2 Å². The number of nitrogens with one attached hydrogen (secondary N) is 2. The van der Waals surface area contributed by atoms with Gasteiger partial charge in [-0.15, -0.1) is 0 Å². The normalized spacial score (nSPS) is 13.3. The number of rotatable bonds is 11. The van der Waals surface area contributed by atoms with Crippen molar-refractivity contribution in [2.75, 3.05) is 18.4 Å². The van der Waals surface area contributed by atoms with Gasteiger partial charge in [-0.1, -0.05) is 36.4 Å². The Bertz CT molecular complexity index is 1970. The van der Waals surface area contributed by atoms with Gasteiger partial charge in [0.15, 0.2) is 5.60 Å². The highest BCUT2D eigenvalue weighted by atomic mass is 32.2. The van der Waals surface area contributed by atoms with Crippen LogP contribution in [-0.2, 0) is 21.4 Å². The fourth-order valence-corrected chi connectivity index (χ4v) is 5.70. The van der Waals surface area contributed by atoms with Crippen LogP contribution in [0.25, 0.3) is 16.6 Å². The molecule has 5 rings (SSSR count). The van der Waals surface area contributed by atoms with E-state index in [0.717, 1.165) is 29.8 Å². The lowest BCUT2D eigenvalue weighted by atomic mass is 10.0. The Morgan fingerprint density at radius 2 is 1.67 bits per heavy atom. The maximum Gasteiger partial charge on any atom is 0.420 e. The average Bonchev–Trinajstić information content (AvgIpc) is 3.45. The number of ether oxygens (including phenoxy) is 1. The van der Waals surface area contributed by atoms with Crippen LogP contribution >= 0.6 is 0 Å². The molecule has 240 valence electrons. The molecule has 9 nitrogen and oxygen atoms in total. The second-order valence-corrected chi connectivity index (χ2v) is 12.3. The van der Waals surface area contributed by atoms with Crippen LogP contribution < -0.4 is 10.0 Å². The Labute approximate surface area is 261 Å². The van der Waals surface area contributed by atoms with Crippen molar-refractivity contribution >= 4 is 32.6 Å². The highest BCUT2D eigenvalue weighted by Gasteiger charge is 2.54. The molecule has 14 heteroatoms. The third-order valence-corrected chi connectivity index (χ3v) is 8.57. The highest BCUT2D eigenvalue weighted by Crippen LogP contribution is 2.33. The molecule has 1 aromatic heterocycles. The molecular weight excluding hydrogens is 628 g/mol. The van der Waals surface area contributed by atoms with Crippen molar-refractivity contribution in [2.24, 2.45) is 0 Å². The quantitative estimate of drug-likeness (QED) is 0.127. The summed E-state index contributed by atoms with van der Waals surface area (Å²) < 4.78 is 89.2. The minimum Gasteiger partial charge on any atom is -0.457 e. The van der Waals surface area contributed by atoms with Crippen LogP contribution in [0, 0.1) is 12.7 Å². The van der Waals surface area contributed by atoms with E-state index in [-0.39, 0.29) is 17.9 Å². The number of hydrogen-bond acceptors (Lipinski definition) is 7. The second-order valence-electron chi connectivity index (χ2n) is 10.6. The molecule has 0 amide bonds. The topological polar surface area (TPSA) is 123 Å². The van der Waals surface area contributed by atoms with Crippen LogP contribution in [0.3, 0.4) is 0 Å². The summed E-state index contributed by atoms with van der Waals surface area (Å²) in [5.41, 5.74) is -0.621. The SMILES string of the molecule is Cc1cc(NCC(O)(CNS(=O)(=O)c2ccc(F)cc2)C(F)(F)F)c2cnn(-c3cccc(C(=O)OCc4ccccc4)c3)c2c1. The molecule has 0 fully saturated rings. The van der Waals surface area contributed by atoms with E-state index < -0.39 is 51.6 Å². The van der Waals surface area contributed by atoms with Gasteiger partial charge >= 0.3 is 12.1 Å². The van der Waals surface area contributed by atoms with Gasteiger partial charge < -0.3 is 15.2 Å². The molecule has 0 bridgehead atoms. The molecule has 3 N–H and O–H groups in total. The van der Waals surface area contributed by atoms with E-state index in [1.54, 1.807) is 48.0 Å². The molecule has 1 atom stereocenters. The lowest BCUT2D eigenvalue weighted by Gasteiger charge is -2.31. The predicted octanol–water partition coefficient (Wildman–Crippen LogP) is 5.51. The second kappa shape index (κ2) is 12.9. The van der Waals surface area contributed by atoms with Crippen molar-refractivity contribution < 1.29 is 40.6 Å². The minimum absolute atomic E-state index is 0.0841. The molecule has 1 unspecified atom stereocenters. The zero-order valence-electron chi connectivity index (χ0n) is 24.3. The number of nitrogens with zero attached hydrogens (tertiary/aromatic N) is 2. The average molecular weight is 657 g/mol. The van der Waals surface area contributed by atoms with E-state index in [1.165, 1.54) is 10.9 Å². The van der Waals surface area contributed by atoms with Gasteiger partial charge in [-0.2, -0.15) is 18.3 Å². The van der Waals surface area contributed by atoms with Gasteiger partial charge in [-0.25, -0.2) is 27.0 Å². The first-order valence-electron chi connectivity index (χ1n) is 13.8. The molecule has 0 saturated carbocycles. The molecule has 5 aromatic rings. The summed E-state index contributed by atoms with van der Waals surface area (Å²) in [6, 6.07) is 22.5. The maximum absolute atomic E-state index is 14.1. The number of carbonyl (C=O) groups excluding carboxylic acids is 1. The molecule has 0 spiro atoms. The van der Waals surface area contributed by atoms with Crippen LogP contribution in [0.2, 0.25) is 0 Å². The summed E-state index contributed by atoms with van der Waals surface area (Å²) in [5, 5.41) is 18.0. The monoisotopic (exact) mass is 656 g/mol. The molecule has 46 heavy (non-hydrogen) atoms. The number of anilines is 1. The first-order chi connectivity index (χ1) is 21.8. The van der Waals surface area contributed by atoms with Crippen molar-refractivity contribution in [3.05, 3.63) is 120 Å². The standard InChI is InChI=1S/C32H28F4N4O5S/c1-21-14-28(37-19-31(42,32(34,35)36)20-39-46(43,44)26-12-10-24(33)11-13-26)27-17-38-40(29(27)15-21)25-9-5-8-23(16-25)30(41)45-18-22-6-3-2-4-7-22/h2-17,37,39,42H,18-20H2,1H3. The summed E-state index contributed by atoms with van der Waals surface area (Å²) in [6.45, 7) is -0.730. The number of benzene rings is 4. The van der Waals surface area contributed by atoms with Crippen LogP contribution in [0.1, 0.15) is 21.5 Å². The summed E-state index contributed by atoms with van der Waals surface area (Å²) in [6.07, 6.45) is -3.82. The number of aromatic nitrogens is 2. The highest BCUT2D eigenvalue weighted by molar-refractivity contribution is 7.89. The van der Waals surface area contributed by atoms with Crippen molar-refractivity contribution in [1.29, 1.82) is 0 Å². The van der Waals surface area contributed by atoms with Gasteiger partial charge in [-0.05, 0) is 72.6 Å². The number of aliphatic hydroxyl groups is 1. The molecule has 0 aliphatic carbocycles. The van der Waals surface area contributed by atoms with Gasteiger partial charge in [0.05, 0.1) is 40.9 Å². The lowest BCUT2D eigenvalue weighted by molar-refractivity contribution is -0.250. The number of esters is 1. The smallest absolute Gasteiger partial charge is 0.420 e. The van der Waals surface area contributed by atoms with Crippen LogP contribution in [0.4, 0.5) is 23.2 Å². The van der Waals surface area contributed by atoms with Crippen molar-refractivity contribution in [3.8, 4) is 5.69 Å². The van der Waals surface area contributed by atoms with Gasteiger partial charge in [0, 0.05) is 11.1 Å². The molecule has 0 aliphatic rings. The summed E-state index contributed by atoms with van der Waals surface area (Å²) in [7, 11) is -4.50. The Morgan fingerprint density at radius 3 is 2.37 bits per heavy atom. The minimum atomic E-state index is -5.24. The van der Waals surface area contributed by atoms with Crippen LogP contribution in [-0.4, -0.2) is 54.1 Å². The van der Waals surface area contributed by atoms with Gasteiger partial charge in [-0.3, -0.25) is 0 Å². The van der Waals surface area contributed by atoms with E-state index in [2.05, 4.69) is 10.4 Å². The number of fused-ring (bicyclic) bond motifs is 1. The Kier molecular flexibility index (Phi) is 9.15. The molecule has 1 heterocycles. The zero-order valence-corrected chi connectivity index (χ0v) is 25.1. The fourth-order valence-electron chi connectivity index (χ4n) is 4.61. The third kappa shape index (κ3) is 7.19. The first-order valence-corrected chi connectivity index (χ1v) is 15.3. The van der Waals surface area contributed by atoms with Gasteiger partial charge in [0.25, 0.3) is 0 Å². The largest absolute Gasteiger partial charge is 0.457 e. The van der Waals surface area contributed by atoms with Crippen molar-refractivity contribution in [3.63, 3.8) is 0 Å². The molecule has 0 aliphatic heterocycles. The van der Waals surface area contributed by atoms with E-state index in [9.17, 15) is 35.9 Å². The number of hydrogen-bond donors (Lipinski definition) is 3. The number of carbonyl (C=O) groups is 1. The lowest BCUT2D eigenvalue weighted by Crippen LogP contribution is -2.57. The Morgan fingerprint density at radius 1 is 0.957 bits per heavy atom. The van der Waals surface area contributed by atoms with E-state index in [1.807, 2.05) is 30.3 Å². The van der Waals surface area contributed by atoms with E-state index >= 15 is 0 Å². The number of aryl methyl sites for hydroxylation is 1. The Balaban J connectivity index is 1.36. The van der Waals surface area contributed by atoms with E-state index in [0.29, 0.717) is 22.2 Å². The summed E-state index contributed by atoms with van der Waals surface area (Å²) in [5.74, 6) is -1.28. The van der Waals surface area contributed by atoms with Crippen LogP contribution in [0.15, 0.2) is 102 Å². The third-order valence-electron chi connectivity index (χ3n) is 7.15. The summed E-state index contributed by atoms with van der Waals surface area (Å²) in [4.78, 5) is 12.3.